The van der Waals surface area contributed by atoms with Crippen molar-refractivity contribution in [1.29, 1.82) is 0 Å². The fourth-order valence-corrected chi connectivity index (χ4v) is 2.47. The molecule has 2 heterocycles. The van der Waals surface area contributed by atoms with Gasteiger partial charge in [-0.15, -0.1) is 0 Å². The second-order valence-corrected chi connectivity index (χ2v) is 6.76. The summed E-state index contributed by atoms with van der Waals surface area (Å²) < 4.78 is 5.78. The van der Waals surface area contributed by atoms with Crippen molar-refractivity contribution >= 4 is 17.5 Å². The molecule has 2 aromatic heterocycles. The third-order valence-electron chi connectivity index (χ3n) is 4.37. The molecule has 2 saturated carbocycles. The standard InChI is InChI=1S/C19H20N4O3/c24-18(13-5-8-21-15(9-13)19(25)22-14-3-4-14)23-16-10-20-7-6-17(16)26-11-12-1-2-12/h5-10,12,14H,1-4,11H2,(H,22,25)(H,23,24). The van der Waals surface area contributed by atoms with E-state index >= 15 is 0 Å². The largest absolute Gasteiger partial charge is 0.491 e. The van der Waals surface area contributed by atoms with Gasteiger partial charge < -0.3 is 15.4 Å². The Morgan fingerprint density at radius 3 is 2.73 bits per heavy atom. The molecule has 2 aliphatic rings. The molecule has 0 atom stereocenters. The SMILES string of the molecule is O=C(Nc1cnccc1OCC1CC1)c1ccnc(C(=O)NC2CC2)c1. The van der Waals surface area contributed by atoms with Crippen LogP contribution in [-0.4, -0.2) is 34.4 Å². The molecule has 26 heavy (non-hydrogen) atoms. The fourth-order valence-electron chi connectivity index (χ4n) is 2.47. The first-order valence-corrected chi connectivity index (χ1v) is 8.84. The molecule has 0 unspecified atom stereocenters. The van der Waals surface area contributed by atoms with E-state index in [9.17, 15) is 9.59 Å². The second kappa shape index (κ2) is 7.11. The van der Waals surface area contributed by atoms with E-state index in [1.807, 2.05) is 0 Å². The van der Waals surface area contributed by atoms with Crippen molar-refractivity contribution in [1.82, 2.24) is 15.3 Å². The smallest absolute Gasteiger partial charge is 0.270 e. The van der Waals surface area contributed by atoms with Crippen LogP contribution in [-0.2, 0) is 0 Å². The summed E-state index contributed by atoms with van der Waals surface area (Å²) >= 11 is 0. The van der Waals surface area contributed by atoms with Crippen LogP contribution >= 0.6 is 0 Å². The summed E-state index contributed by atoms with van der Waals surface area (Å²) in [7, 11) is 0. The Balaban J connectivity index is 1.45. The number of amides is 2. The van der Waals surface area contributed by atoms with Crippen molar-refractivity contribution in [2.75, 3.05) is 11.9 Å². The first kappa shape index (κ1) is 16.5. The number of hydrogen-bond donors (Lipinski definition) is 2. The number of rotatable bonds is 7. The van der Waals surface area contributed by atoms with Crippen LogP contribution in [0.2, 0.25) is 0 Å². The molecule has 2 fully saturated rings. The average Bonchev–Trinajstić information content (AvgIpc) is 3.56. The summed E-state index contributed by atoms with van der Waals surface area (Å²) in [5.74, 6) is 0.620. The van der Waals surface area contributed by atoms with Crippen LogP contribution in [0.5, 0.6) is 5.75 Å². The molecule has 7 heteroatoms. The van der Waals surface area contributed by atoms with Crippen molar-refractivity contribution in [3.05, 3.63) is 48.0 Å². The molecule has 0 saturated heterocycles. The Hall–Kier alpha value is -2.96. The Morgan fingerprint density at radius 1 is 1.12 bits per heavy atom. The van der Waals surface area contributed by atoms with Gasteiger partial charge in [0, 0.05) is 30.1 Å². The van der Waals surface area contributed by atoms with E-state index in [1.54, 1.807) is 24.5 Å². The van der Waals surface area contributed by atoms with E-state index in [0.717, 1.165) is 12.8 Å². The van der Waals surface area contributed by atoms with Crippen LogP contribution in [0, 0.1) is 5.92 Å². The van der Waals surface area contributed by atoms with Crippen molar-refractivity contribution in [3.8, 4) is 5.75 Å². The van der Waals surface area contributed by atoms with Gasteiger partial charge in [-0.3, -0.25) is 19.6 Å². The first-order valence-electron chi connectivity index (χ1n) is 8.84. The minimum absolute atomic E-state index is 0.237. The highest BCUT2D eigenvalue weighted by Crippen LogP contribution is 2.31. The van der Waals surface area contributed by atoms with E-state index < -0.39 is 0 Å². The lowest BCUT2D eigenvalue weighted by molar-refractivity contribution is 0.0946. The number of carbonyl (C=O) groups is 2. The highest BCUT2D eigenvalue weighted by atomic mass is 16.5. The lowest BCUT2D eigenvalue weighted by Gasteiger charge is -2.12. The van der Waals surface area contributed by atoms with Gasteiger partial charge in [0.05, 0.1) is 12.8 Å². The van der Waals surface area contributed by atoms with Gasteiger partial charge in [-0.2, -0.15) is 0 Å². The van der Waals surface area contributed by atoms with Gasteiger partial charge in [0.25, 0.3) is 11.8 Å². The van der Waals surface area contributed by atoms with Crippen LogP contribution < -0.4 is 15.4 Å². The van der Waals surface area contributed by atoms with Crippen molar-refractivity contribution in [2.24, 2.45) is 5.92 Å². The molecule has 7 nitrogen and oxygen atoms in total. The van der Waals surface area contributed by atoms with Gasteiger partial charge in [0.15, 0.2) is 0 Å². The molecule has 0 aromatic carbocycles. The van der Waals surface area contributed by atoms with E-state index in [-0.39, 0.29) is 23.6 Å². The Kier molecular flexibility index (Phi) is 4.51. The number of aromatic nitrogens is 2. The predicted molar refractivity (Wildman–Crippen MR) is 95.1 cm³/mol. The maximum atomic E-state index is 12.6. The molecule has 2 N–H and O–H groups in total. The summed E-state index contributed by atoms with van der Waals surface area (Å²) in [5, 5.41) is 5.67. The molecule has 134 valence electrons. The summed E-state index contributed by atoms with van der Waals surface area (Å²) in [5.41, 5.74) is 1.11. The summed E-state index contributed by atoms with van der Waals surface area (Å²) in [6, 6.07) is 5.04. The maximum absolute atomic E-state index is 12.6. The summed E-state index contributed by atoms with van der Waals surface area (Å²) in [6.07, 6.45) is 9.02. The monoisotopic (exact) mass is 352 g/mol. The van der Waals surface area contributed by atoms with Gasteiger partial charge in [-0.25, -0.2) is 0 Å². The van der Waals surface area contributed by atoms with Gasteiger partial charge in [-0.05, 0) is 43.7 Å². The summed E-state index contributed by atoms with van der Waals surface area (Å²) in [6.45, 7) is 0.646. The van der Waals surface area contributed by atoms with Gasteiger partial charge in [0.1, 0.15) is 17.1 Å². The lowest BCUT2D eigenvalue weighted by Crippen LogP contribution is -2.26. The normalized spacial score (nSPS) is 16.0. The van der Waals surface area contributed by atoms with Crippen molar-refractivity contribution in [2.45, 2.75) is 31.7 Å². The number of carbonyl (C=O) groups excluding carboxylic acids is 2. The number of anilines is 1. The van der Waals surface area contributed by atoms with Crippen LogP contribution in [0.3, 0.4) is 0 Å². The zero-order valence-corrected chi connectivity index (χ0v) is 14.3. The molecule has 0 spiro atoms. The minimum Gasteiger partial charge on any atom is -0.491 e. The first-order chi connectivity index (χ1) is 12.7. The van der Waals surface area contributed by atoms with Gasteiger partial charge in [0.2, 0.25) is 0 Å². The Morgan fingerprint density at radius 2 is 1.96 bits per heavy atom. The van der Waals surface area contributed by atoms with Crippen LogP contribution in [0.1, 0.15) is 46.5 Å². The number of ether oxygens (including phenoxy) is 1. The molecule has 2 amide bonds. The Labute approximate surface area is 151 Å². The molecule has 2 aromatic rings. The predicted octanol–water partition coefficient (Wildman–Crippen LogP) is 2.41. The van der Waals surface area contributed by atoms with E-state index in [4.69, 9.17) is 4.74 Å². The maximum Gasteiger partial charge on any atom is 0.270 e. The van der Waals surface area contributed by atoms with Crippen molar-refractivity contribution in [3.63, 3.8) is 0 Å². The fraction of sp³-hybridized carbons (Fsp3) is 0.368. The van der Waals surface area contributed by atoms with E-state index in [1.165, 1.54) is 25.1 Å². The quantitative estimate of drug-likeness (QED) is 0.798. The van der Waals surface area contributed by atoms with Crippen molar-refractivity contribution < 1.29 is 14.3 Å². The Bertz CT molecular complexity index is 831. The number of nitrogens with zero attached hydrogens (tertiary/aromatic N) is 2. The zero-order valence-electron chi connectivity index (χ0n) is 14.3. The molecule has 2 aliphatic carbocycles. The third kappa shape index (κ3) is 4.17. The molecular weight excluding hydrogens is 332 g/mol. The molecular formula is C19H20N4O3. The van der Waals surface area contributed by atoms with E-state index in [2.05, 4.69) is 20.6 Å². The van der Waals surface area contributed by atoms with Gasteiger partial charge >= 0.3 is 0 Å². The lowest BCUT2D eigenvalue weighted by atomic mass is 10.2. The molecule has 0 bridgehead atoms. The number of nitrogens with one attached hydrogen (secondary N) is 2. The summed E-state index contributed by atoms with van der Waals surface area (Å²) in [4.78, 5) is 32.8. The average molecular weight is 352 g/mol. The topological polar surface area (TPSA) is 93.2 Å². The van der Waals surface area contributed by atoms with Crippen LogP contribution in [0.4, 0.5) is 5.69 Å². The highest BCUT2D eigenvalue weighted by Gasteiger charge is 2.25. The molecule has 0 aliphatic heterocycles. The number of pyridine rings is 2. The van der Waals surface area contributed by atoms with Gasteiger partial charge in [-0.1, -0.05) is 0 Å². The third-order valence-corrected chi connectivity index (χ3v) is 4.37. The second-order valence-electron chi connectivity index (χ2n) is 6.76. The zero-order chi connectivity index (χ0) is 17.9. The van der Waals surface area contributed by atoms with Crippen LogP contribution in [0.15, 0.2) is 36.8 Å². The number of hydrogen-bond acceptors (Lipinski definition) is 5. The highest BCUT2D eigenvalue weighted by molar-refractivity contribution is 6.06. The minimum atomic E-state index is -0.336. The molecule has 0 radical (unpaired) electrons. The molecule has 4 rings (SSSR count). The van der Waals surface area contributed by atoms with E-state index in [0.29, 0.717) is 29.5 Å². The van der Waals surface area contributed by atoms with Crippen LogP contribution in [0.25, 0.3) is 0 Å².